The van der Waals surface area contributed by atoms with Gasteiger partial charge in [-0.05, 0) is 29.2 Å². The van der Waals surface area contributed by atoms with E-state index in [-0.39, 0.29) is 25.3 Å². The second-order valence-electron chi connectivity index (χ2n) is 6.28. The first kappa shape index (κ1) is 20.5. The van der Waals surface area contributed by atoms with Crippen molar-refractivity contribution in [3.8, 4) is 5.75 Å². The molecule has 0 aliphatic rings. The number of para-hydroxylation sites is 1. The molecule has 2 aromatic rings. The number of carboxylic acid groups (broad SMARTS) is 1. The number of amides is 1. The molecule has 0 heterocycles. The highest BCUT2D eigenvalue weighted by Gasteiger charge is 2.20. The van der Waals surface area contributed by atoms with Crippen molar-refractivity contribution in [2.75, 3.05) is 20.8 Å². The van der Waals surface area contributed by atoms with Crippen molar-refractivity contribution >= 4 is 11.9 Å². The molecule has 1 atom stereocenters. The van der Waals surface area contributed by atoms with Crippen LogP contribution in [0.3, 0.4) is 0 Å². The molecule has 1 unspecified atom stereocenters. The molecule has 0 aliphatic carbocycles. The van der Waals surface area contributed by atoms with E-state index in [1.165, 1.54) is 0 Å². The van der Waals surface area contributed by atoms with Crippen molar-refractivity contribution in [1.82, 2.24) is 5.32 Å². The summed E-state index contributed by atoms with van der Waals surface area (Å²) < 4.78 is 10.4. The minimum Gasteiger partial charge on any atom is -0.496 e. The first-order chi connectivity index (χ1) is 13.0. The molecule has 0 fully saturated rings. The topological polar surface area (TPSA) is 84.9 Å². The van der Waals surface area contributed by atoms with Crippen LogP contribution in [0.25, 0.3) is 0 Å². The molecule has 0 radical (unpaired) electrons. The molecule has 1 amide bonds. The lowest BCUT2D eigenvalue weighted by Crippen LogP contribution is -2.35. The number of rotatable bonds is 10. The maximum absolute atomic E-state index is 12.2. The number of hydrogen-bond acceptors (Lipinski definition) is 4. The van der Waals surface area contributed by atoms with E-state index < -0.39 is 11.9 Å². The first-order valence-electron chi connectivity index (χ1n) is 8.71. The zero-order valence-corrected chi connectivity index (χ0v) is 15.6. The number of carboxylic acids is 1. The molecule has 2 N–H and O–H groups in total. The zero-order chi connectivity index (χ0) is 19.6. The lowest BCUT2D eigenvalue weighted by atomic mass is 9.98. The lowest BCUT2D eigenvalue weighted by Gasteiger charge is -2.15. The highest BCUT2D eigenvalue weighted by Crippen LogP contribution is 2.21. The Morgan fingerprint density at radius 2 is 1.81 bits per heavy atom. The van der Waals surface area contributed by atoms with E-state index >= 15 is 0 Å². The molecule has 6 heteroatoms. The smallest absolute Gasteiger partial charge is 0.308 e. The Labute approximate surface area is 159 Å². The summed E-state index contributed by atoms with van der Waals surface area (Å²) in [5.74, 6) is -1.26. The van der Waals surface area contributed by atoms with Crippen LogP contribution < -0.4 is 10.1 Å². The van der Waals surface area contributed by atoms with E-state index in [1.807, 2.05) is 42.5 Å². The third-order valence-corrected chi connectivity index (χ3v) is 4.22. The minimum atomic E-state index is -0.955. The molecular weight excluding hydrogens is 346 g/mol. The molecule has 0 spiro atoms. The number of ether oxygens (including phenoxy) is 2. The summed E-state index contributed by atoms with van der Waals surface area (Å²) >= 11 is 0. The van der Waals surface area contributed by atoms with Crippen LogP contribution in [0.1, 0.15) is 16.7 Å². The Balaban J connectivity index is 1.94. The molecule has 0 bridgehead atoms. The second-order valence-corrected chi connectivity index (χ2v) is 6.28. The van der Waals surface area contributed by atoms with E-state index in [4.69, 9.17) is 9.47 Å². The third-order valence-electron chi connectivity index (χ3n) is 4.22. The average Bonchev–Trinajstić information content (AvgIpc) is 2.65. The molecule has 2 aromatic carbocycles. The maximum atomic E-state index is 12.2. The van der Waals surface area contributed by atoms with Gasteiger partial charge in [-0.3, -0.25) is 9.59 Å². The van der Waals surface area contributed by atoms with Crippen LogP contribution in [0.15, 0.2) is 48.5 Å². The van der Waals surface area contributed by atoms with Gasteiger partial charge in [0.25, 0.3) is 0 Å². The fraction of sp³-hybridized carbons (Fsp3) is 0.333. The quantitative estimate of drug-likeness (QED) is 0.670. The molecule has 27 heavy (non-hydrogen) atoms. The predicted octanol–water partition coefficient (Wildman–Crippen LogP) is 2.44. The van der Waals surface area contributed by atoms with Crippen molar-refractivity contribution in [3.05, 3.63) is 65.2 Å². The van der Waals surface area contributed by atoms with Gasteiger partial charge in [-0.2, -0.15) is 0 Å². The Morgan fingerprint density at radius 1 is 1.07 bits per heavy atom. The number of aliphatic carboxylic acids is 1. The standard InChI is InChI=1S/C21H25NO5/c1-26-14-16-7-5-6-15(10-16)11-20(23)22-13-18(21(24)25)12-17-8-3-4-9-19(17)27-2/h3-10,18H,11-14H2,1-2H3,(H,22,23)(H,24,25). The second kappa shape index (κ2) is 10.3. The van der Waals surface area contributed by atoms with E-state index in [2.05, 4.69) is 5.32 Å². The minimum absolute atomic E-state index is 0.0595. The Morgan fingerprint density at radius 3 is 2.52 bits per heavy atom. The van der Waals surface area contributed by atoms with Crippen molar-refractivity contribution in [2.45, 2.75) is 19.4 Å². The van der Waals surface area contributed by atoms with Crippen LogP contribution in [0.5, 0.6) is 5.75 Å². The van der Waals surface area contributed by atoms with Gasteiger partial charge in [0.15, 0.2) is 0 Å². The Hall–Kier alpha value is -2.86. The third kappa shape index (κ3) is 6.42. The van der Waals surface area contributed by atoms with Gasteiger partial charge in [0.05, 0.1) is 26.1 Å². The molecular formula is C21H25NO5. The maximum Gasteiger partial charge on any atom is 0.308 e. The van der Waals surface area contributed by atoms with Crippen molar-refractivity contribution in [3.63, 3.8) is 0 Å². The number of nitrogens with one attached hydrogen (secondary N) is 1. The average molecular weight is 371 g/mol. The summed E-state index contributed by atoms with van der Waals surface area (Å²) in [6.45, 7) is 0.541. The van der Waals surface area contributed by atoms with Crippen molar-refractivity contribution < 1.29 is 24.2 Å². The first-order valence-corrected chi connectivity index (χ1v) is 8.71. The molecule has 0 aromatic heterocycles. The zero-order valence-electron chi connectivity index (χ0n) is 15.6. The lowest BCUT2D eigenvalue weighted by molar-refractivity contribution is -0.141. The van der Waals surface area contributed by atoms with Crippen LogP contribution in [-0.2, 0) is 33.8 Å². The van der Waals surface area contributed by atoms with Gasteiger partial charge < -0.3 is 19.9 Å². The number of methoxy groups -OCH3 is 2. The molecule has 2 rings (SSSR count). The van der Waals surface area contributed by atoms with Gasteiger partial charge in [-0.15, -0.1) is 0 Å². The van der Waals surface area contributed by atoms with Gasteiger partial charge in [0, 0.05) is 13.7 Å². The summed E-state index contributed by atoms with van der Waals surface area (Å²) in [5.41, 5.74) is 2.65. The fourth-order valence-electron chi connectivity index (χ4n) is 2.86. The summed E-state index contributed by atoms with van der Waals surface area (Å²) in [4.78, 5) is 23.8. The van der Waals surface area contributed by atoms with Crippen LogP contribution in [0.4, 0.5) is 0 Å². The number of benzene rings is 2. The molecule has 144 valence electrons. The van der Waals surface area contributed by atoms with Gasteiger partial charge in [-0.25, -0.2) is 0 Å². The largest absolute Gasteiger partial charge is 0.496 e. The van der Waals surface area contributed by atoms with Gasteiger partial charge in [0.1, 0.15) is 5.75 Å². The van der Waals surface area contributed by atoms with Gasteiger partial charge in [0.2, 0.25) is 5.91 Å². The summed E-state index contributed by atoms with van der Waals surface area (Å²) in [7, 11) is 3.17. The van der Waals surface area contributed by atoms with Crippen LogP contribution in [0, 0.1) is 5.92 Å². The van der Waals surface area contributed by atoms with E-state index in [0.717, 1.165) is 16.7 Å². The number of hydrogen-bond donors (Lipinski definition) is 2. The monoisotopic (exact) mass is 371 g/mol. The number of carbonyl (C=O) groups is 2. The normalized spacial score (nSPS) is 11.6. The van der Waals surface area contributed by atoms with Crippen molar-refractivity contribution in [2.24, 2.45) is 5.92 Å². The van der Waals surface area contributed by atoms with Crippen LogP contribution in [-0.4, -0.2) is 37.7 Å². The van der Waals surface area contributed by atoms with Gasteiger partial charge in [-0.1, -0.05) is 42.5 Å². The molecule has 0 aliphatic heterocycles. The molecule has 0 saturated heterocycles. The predicted molar refractivity (Wildman–Crippen MR) is 102 cm³/mol. The highest BCUT2D eigenvalue weighted by atomic mass is 16.5. The van der Waals surface area contributed by atoms with Crippen LogP contribution >= 0.6 is 0 Å². The number of carbonyl (C=O) groups excluding carboxylic acids is 1. The summed E-state index contributed by atoms with van der Waals surface area (Å²) in [5, 5.41) is 12.2. The van der Waals surface area contributed by atoms with E-state index in [1.54, 1.807) is 20.3 Å². The summed E-state index contributed by atoms with van der Waals surface area (Å²) in [6.07, 6.45) is 0.474. The highest BCUT2D eigenvalue weighted by molar-refractivity contribution is 5.79. The SMILES string of the molecule is COCc1cccc(CC(=O)NCC(Cc2ccccc2OC)C(=O)O)c1. The molecule has 6 nitrogen and oxygen atoms in total. The Kier molecular flexibility index (Phi) is 7.82. The van der Waals surface area contributed by atoms with Crippen molar-refractivity contribution in [1.29, 1.82) is 0 Å². The summed E-state index contributed by atoms with van der Waals surface area (Å²) in [6, 6.07) is 14.9. The molecule has 0 saturated carbocycles. The van der Waals surface area contributed by atoms with E-state index in [9.17, 15) is 14.7 Å². The Bertz CT molecular complexity index is 775. The fourth-order valence-corrected chi connectivity index (χ4v) is 2.86. The van der Waals surface area contributed by atoms with Gasteiger partial charge >= 0.3 is 5.97 Å². The van der Waals surface area contributed by atoms with Crippen LogP contribution in [0.2, 0.25) is 0 Å². The van der Waals surface area contributed by atoms with E-state index in [0.29, 0.717) is 12.4 Å².